The number of aliphatic hydroxyl groups excluding tert-OH is 2. The van der Waals surface area contributed by atoms with Crippen molar-refractivity contribution in [3.63, 3.8) is 0 Å². The minimum absolute atomic E-state index is 0.154. The molecule has 1 aliphatic heterocycles. The Hall–Kier alpha value is -1.99. The highest BCUT2D eigenvalue weighted by Gasteiger charge is 2.71. The van der Waals surface area contributed by atoms with Crippen molar-refractivity contribution in [2.45, 2.75) is 76.4 Å². The molecule has 1 unspecified atom stereocenters. The first kappa shape index (κ1) is 25.1. The quantitative estimate of drug-likeness (QED) is 0.427. The Morgan fingerprint density at radius 3 is 2.41 bits per heavy atom. The van der Waals surface area contributed by atoms with E-state index in [1.54, 1.807) is 19.9 Å². The molecule has 34 heavy (non-hydrogen) atoms. The number of aliphatic hydroxyl groups is 4. The predicted molar refractivity (Wildman–Crippen MR) is 131 cm³/mol. The Labute approximate surface area is 202 Å². The van der Waals surface area contributed by atoms with Gasteiger partial charge in [-0.3, -0.25) is 4.79 Å². The molecule has 4 rings (SSSR count). The average molecular weight is 470 g/mol. The molecule has 0 aromatic heterocycles. The van der Waals surface area contributed by atoms with Crippen LogP contribution in [0.5, 0.6) is 0 Å². The summed E-state index contributed by atoms with van der Waals surface area (Å²) in [5, 5.41) is 48.6. The summed E-state index contributed by atoms with van der Waals surface area (Å²) in [7, 11) is 0. The molecule has 1 amide bonds. The van der Waals surface area contributed by atoms with E-state index in [0.717, 1.165) is 5.56 Å². The molecule has 1 saturated carbocycles. The van der Waals surface area contributed by atoms with Gasteiger partial charge in [-0.1, -0.05) is 68.5 Å². The van der Waals surface area contributed by atoms with E-state index in [0.29, 0.717) is 19.3 Å². The van der Waals surface area contributed by atoms with Crippen LogP contribution >= 0.6 is 0 Å². The third kappa shape index (κ3) is 4.05. The minimum Gasteiger partial charge on any atom is -0.389 e. The van der Waals surface area contributed by atoms with Crippen LogP contribution in [0.3, 0.4) is 0 Å². The molecule has 1 aromatic carbocycles. The molecule has 2 fully saturated rings. The fourth-order valence-corrected chi connectivity index (χ4v) is 6.87. The maximum atomic E-state index is 13.9. The highest BCUT2D eigenvalue weighted by molar-refractivity contribution is 5.88. The molecule has 1 saturated heterocycles. The van der Waals surface area contributed by atoms with Gasteiger partial charge < -0.3 is 25.7 Å². The van der Waals surface area contributed by atoms with Gasteiger partial charge in [-0.2, -0.15) is 0 Å². The SMILES string of the molecule is CC1C/C=C/[C@H]2[C@H](O)[C@](C)(O)[C@@H](C)[C@H]3[C@H](Cc4ccccc4)NC(=O)[C@]32[C@H](O)/C=C/[C@](C)(O)C1. The normalized spacial score (nSPS) is 48.7. The first-order valence-electron chi connectivity index (χ1n) is 12.4. The summed E-state index contributed by atoms with van der Waals surface area (Å²) in [6, 6.07) is 9.52. The summed E-state index contributed by atoms with van der Waals surface area (Å²) < 4.78 is 0. The molecule has 6 heteroatoms. The monoisotopic (exact) mass is 469 g/mol. The zero-order chi connectivity index (χ0) is 24.9. The van der Waals surface area contributed by atoms with Crippen LogP contribution in [-0.2, 0) is 11.2 Å². The van der Waals surface area contributed by atoms with Crippen LogP contribution in [0, 0.1) is 29.1 Å². The Morgan fingerprint density at radius 2 is 1.74 bits per heavy atom. The molecule has 6 nitrogen and oxygen atoms in total. The van der Waals surface area contributed by atoms with E-state index in [1.807, 2.05) is 56.3 Å². The van der Waals surface area contributed by atoms with Crippen molar-refractivity contribution < 1.29 is 25.2 Å². The van der Waals surface area contributed by atoms with Crippen LogP contribution in [0.4, 0.5) is 0 Å². The van der Waals surface area contributed by atoms with Crippen molar-refractivity contribution >= 4 is 5.91 Å². The minimum atomic E-state index is -1.45. The molecular weight excluding hydrogens is 430 g/mol. The van der Waals surface area contributed by atoms with Crippen LogP contribution in [0.25, 0.3) is 0 Å². The summed E-state index contributed by atoms with van der Waals surface area (Å²) in [6.07, 6.45) is 6.07. The van der Waals surface area contributed by atoms with E-state index < -0.39 is 46.6 Å². The number of nitrogens with one attached hydrogen (secondary N) is 1. The molecule has 10 atom stereocenters. The molecule has 5 N–H and O–H groups in total. The lowest BCUT2D eigenvalue weighted by Crippen LogP contribution is -2.67. The first-order chi connectivity index (χ1) is 15.9. The largest absolute Gasteiger partial charge is 0.389 e. The number of hydrogen-bond donors (Lipinski definition) is 5. The fraction of sp³-hybridized carbons (Fsp3) is 0.607. The fourth-order valence-electron chi connectivity index (χ4n) is 6.87. The van der Waals surface area contributed by atoms with Crippen molar-refractivity contribution in [1.29, 1.82) is 0 Å². The third-order valence-electron chi connectivity index (χ3n) is 8.71. The maximum absolute atomic E-state index is 13.9. The van der Waals surface area contributed by atoms with Gasteiger partial charge in [0, 0.05) is 17.9 Å². The van der Waals surface area contributed by atoms with Crippen LogP contribution in [-0.4, -0.2) is 55.8 Å². The highest BCUT2D eigenvalue weighted by atomic mass is 16.3. The van der Waals surface area contributed by atoms with Gasteiger partial charge in [0.1, 0.15) is 0 Å². The summed E-state index contributed by atoms with van der Waals surface area (Å²) in [5.41, 5.74) is -2.92. The van der Waals surface area contributed by atoms with E-state index in [9.17, 15) is 25.2 Å². The molecule has 186 valence electrons. The molecule has 1 spiro atoms. The van der Waals surface area contributed by atoms with Crippen LogP contribution in [0.1, 0.15) is 46.1 Å². The third-order valence-corrected chi connectivity index (χ3v) is 8.71. The number of benzene rings is 1. The second-order valence-corrected chi connectivity index (χ2v) is 11.3. The predicted octanol–water partition coefficient (Wildman–Crippen LogP) is 2.36. The van der Waals surface area contributed by atoms with Gasteiger partial charge in [0.05, 0.1) is 28.8 Å². The van der Waals surface area contributed by atoms with E-state index in [4.69, 9.17) is 0 Å². The Balaban J connectivity index is 1.88. The van der Waals surface area contributed by atoms with Gasteiger partial charge in [0.2, 0.25) is 5.91 Å². The average Bonchev–Trinajstić information content (AvgIpc) is 3.04. The van der Waals surface area contributed by atoms with Crippen molar-refractivity contribution in [2.75, 3.05) is 0 Å². The summed E-state index contributed by atoms with van der Waals surface area (Å²) in [5.74, 6) is -1.89. The lowest BCUT2D eigenvalue weighted by atomic mass is 9.49. The molecule has 3 aliphatic rings. The van der Waals surface area contributed by atoms with Crippen LogP contribution < -0.4 is 5.32 Å². The zero-order valence-corrected chi connectivity index (χ0v) is 20.6. The van der Waals surface area contributed by atoms with Gasteiger partial charge in [0.15, 0.2) is 0 Å². The van der Waals surface area contributed by atoms with Gasteiger partial charge in [-0.15, -0.1) is 0 Å². The van der Waals surface area contributed by atoms with Gasteiger partial charge >= 0.3 is 0 Å². The van der Waals surface area contributed by atoms with E-state index in [-0.39, 0.29) is 17.9 Å². The number of allylic oxidation sites excluding steroid dienone is 1. The Morgan fingerprint density at radius 1 is 1.06 bits per heavy atom. The van der Waals surface area contributed by atoms with Crippen molar-refractivity contribution in [3.8, 4) is 0 Å². The number of amides is 1. The first-order valence-corrected chi connectivity index (χ1v) is 12.4. The number of carbonyl (C=O) groups excluding carboxylic acids is 1. The van der Waals surface area contributed by atoms with Crippen molar-refractivity contribution in [2.24, 2.45) is 29.1 Å². The van der Waals surface area contributed by atoms with E-state index in [1.165, 1.54) is 6.08 Å². The van der Waals surface area contributed by atoms with Crippen LogP contribution in [0.2, 0.25) is 0 Å². The molecule has 1 heterocycles. The topological polar surface area (TPSA) is 110 Å². The van der Waals surface area contributed by atoms with Crippen molar-refractivity contribution in [3.05, 3.63) is 60.2 Å². The second kappa shape index (κ2) is 8.90. The number of hydrogen-bond acceptors (Lipinski definition) is 5. The van der Waals surface area contributed by atoms with E-state index >= 15 is 0 Å². The van der Waals surface area contributed by atoms with Gasteiger partial charge in [0.25, 0.3) is 0 Å². The molecule has 0 radical (unpaired) electrons. The summed E-state index contributed by atoms with van der Waals surface area (Å²) in [6.45, 7) is 7.22. The second-order valence-electron chi connectivity index (χ2n) is 11.3. The summed E-state index contributed by atoms with van der Waals surface area (Å²) >= 11 is 0. The van der Waals surface area contributed by atoms with Crippen LogP contribution in [0.15, 0.2) is 54.6 Å². The van der Waals surface area contributed by atoms with Gasteiger partial charge in [-0.25, -0.2) is 0 Å². The smallest absolute Gasteiger partial charge is 0.230 e. The Kier molecular flexibility index (Phi) is 6.58. The molecular formula is C28H39NO5. The van der Waals surface area contributed by atoms with Gasteiger partial charge in [-0.05, 0) is 50.5 Å². The lowest BCUT2D eigenvalue weighted by Gasteiger charge is -2.56. The molecule has 1 aromatic rings. The molecule has 2 aliphatic carbocycles. The Bertz CT molecular complexity index is 955. The number of rotatable bonds is 2. The van der Waals surface area contributed by atoms with E-state index in [2.05, 4.69) is 5.32 Å². The standard InChI is InChI=1S/C28H39NO5/c1-17-9-8-12-20-24(31)27(4,34)18(2)23-21(15-19-10-6-5-7-11-19)29-25(32)28(20,23)22(30)13-14-26(3,33)16-17/h5-8,10-14,17-18,20-24,30-31,33-34H,9,15-16H2,1-4H3,(H,29,32)/b12-8+,14-13+/t17?,18-,20-,21-,22+,23-,24-,26-,27+,28+/m0/s1. The number of carbonyl (C=O) groups is 1. The lowest BCUT2D eigenvalue weighted by molar-refractivity contribution is -0.212. The summed E-state index contributed by atoms with van der Waals surface area (Å²) in [4.78, 5) is 13.9. The molecule has 0 bridgehead atoms. The van der Waals surface area contributed by atoms with Crippen molar-refractivity contribution in [1.82, 2.24) is 5.32 Å². The highest BCUT2D eigenvalue weighted by Crippen LogP contribution is 2.59. The maximum Gasteiger partial charge on any atom is 0.230 e. The zero-order valence-electron chi connectivity index (χ0n) is 20.6.